The van der Waals surface area contributed by atoms with Gasteiger partial charge in [0, 0.05) is 31.7 Å². The third-order valence-electron chi connectivity index (χ3n) is 4.74. The van der Waals surface area contributed by atoms with Crippen molar-refractivity contribution in [3.8, 4) is 0 Å². The smallest absolute Gasteiger partial charge is 0.138 e. The Kier molecular flexibility index (Phi) is 4.53. The minimum absolute atomic E-state index is 0.449. The Hall–Kier alpha value is -2.21. The maximum absolute atomic E-state index is 4.73. The number of nitrogens with zero attached hydrogens (tertiary/aromatic N) is 4. The van der Waals surface area contributed by atoms with Crippen molar-refractivity contribution >= 4 is 33.2 Å². The molecule has 0 aliphatic carbocycles. The summed E-state index contributed by atoms with van der Waals surface area (Å²) < 4.78 is 0. The highest BCUT2D eigenvalue weighted by Crippen LogP contribution is 2.27. The Balaban J connectivity index is 1.45. The van der Waals surface area contributed by atoms with Crippen molar-refractivity contribution in [2.75, 3.05) is 23.3 Å². The first kappa shape index (κ1) is 16.3. The number of hydrogen-bond donors (Lipinski definition) is 1. The molecule has 1 fully saturated rings. The van der Waals surface area contributed by atoms with Gasteiger partial charge in [0.2, 0.25) is 0 Å². The lowest BCUT2D eigenvalue weighted by atomic mass is 10.0. The van der Waals surface area contributed by atoms with Crippen LogP contribution in [0.15, 0.2) is 29.8 Å². The number of pyridine rings is 1. The van der Waals surface area contributed by atoms with Gasteiger partial charge in [0.25, 0.3) is 0 Å². The first-order valence-corrected chi connectivity index (χ1v) is 9.79. The van der Waals surface area contributed by atoms with Crippen LogP contribution < -0.4 is 10.2 Å². The summed E-state index contributed by atoms with van der Waals surface area (Å²) in [4.78, 5) is 17.4. The van der Waals surface area contributed by atoms with Gasteiger partial charge < -0.3 is 10.2 Å². The van der Waals surface area contributed by atoms with E-state index in [4.69, 9.17) is 4.98 Å². The Morgan fingerprint density at radius 2 is 2.04 bits per heavy atom. The fourth-order valence-electron chi connectivity index (χ4n) is 3.26. The molecule has 5 nitrogen and oxygen atoms in total. The molecule has 1 saturated heterocycles. The molecule has 4 heterocycles. The van der Waals surface area contributed by atoms with Crippen LogP contribution in [0.25, 0.3) is 10.2 Å². The van der Waals surface area contributed by atoms with Gasteiger partial charge >= 0.3 is 0 Å². The Morgan fingerprint density at radius 3 is 2.76 bits per heavy atom. The van der Waals surface area contributed by atoms with Gasteiger partial charge in [-0.1, -0.05) is 13.0 Å². The van der Waals surface area contributed by atoms with Gasteiger partial charge in [-0.3, -0.25) is 0 Å². The van der Waals surface area contributed by atoms with Gasteiger partial charge in [-0.2, -0.15) is 0 Å². The first-order chi connectivity index (χ1) is 12.2. The zero-order valence-electron chi connectivity index (χ0n) is 14.7. The van der Waals surface area contributed by atoms with E-state index in [1.807, 2.05) is 6.20 Å². The molecule has 1 N–H and O–H groups in total. The fraction of sp³-hybridized carbons (Fsp3) is 0.421. The molecule has 0 saturated carbocycles. The SMILES string of the molecule is CCc1nc(NC2CCN(c3ccc(C)cn3)CC2)c2ccsc2n1. The molecule has 1 aliphatic rings. The van der Waals surface area contributed by atoms with Gasteiger partial charge in [-0.15, -0.1) is 11.3 Å². The van der Waals surface area contributed by atoms with Crippen molar-refractivity contribution in [3.63, 3.8) is 0 Å². The molecule has 0 unspecified atom stereocenters. The highest BCUT2D eigenvalue weighted by atomic mass is 32.1. The number of hydrogen-bond acceptors (Lipinski definition) is 6. The average molecular weight is 353 g/mol. The second-order valence-corrected chi connectivity index (χ2v) is 7.48. The molecule has 3 aromatic heterocycles. The molecule has 6 heteroatoms. The van der Waals surface area contributed by atoms with Gasteiger partial charge in [-0.05, 0) is 42.8 Å². The second-order valence-electron chi connectivity index (χ2n) is 6.58. The van der Waals surface area contributed by atoms with Crippen LogP contribution in [0.5, 0.6) is 0 Å². The lowest BCUT2D eigenvalue weighted by molar-refractivity contribution is 0.522. The summed E-state index contributed by atoms with van der Waals surface area (Å²) in [7, 11) is 0. The summed E-state index contributed by atoms with van der Waals surface area (Å²) in [6.45, 7) is 6.22. The molecule has 4 rings (SSSR count). The summed E-state index contributed by atoms with van der Waals surface area (Å²) in [5.74, 6) is 2.99. The predicted molar refractivity (Wildman–Crippen MR) is 105 cm³/mol. The molecule has 0 aromatic carbocycles. The van der Waals surface area contributed by atoms with Gasteiger partial charge in [0.15, 0.2) is 0 Å². The third-order valence-corrected chi connectivity index (χ3v) is 5.55. The number of anilines is 2. The van der Waals surface area contributed by atoms with Crippen molar-refractivity contribution in [1.82, 2.24) is 15.0 Å². The van der Waals surface area contributed by atoms with Crippen molar-refractivity contribution in [2.24, 2.45) is 0 Å². The molecule has 3 aromatic rings. The maximum atomic E-state index is 4.73. The van der Waals surface area contributed by atoms with Crippen LogP contribution >= 0.6 is 11.3 Å². The van der Waals surface area contributed by atoms with Gasteiger partial charge in [0.05, 0.1) is 5.39 Å². The predicted octanol–water partition coefficient (Wildman–Crippen LogP) is 4.04. The molecular weight excluding hydrogens is 330 g/mol. The third kappa shape index (κ3) is 3.44. The van der Waals surface area contributed by atoms with E-state index in [9.17, 15) is 0 Å². The lowest BCUT2D eigenvalue weighted by Gasteiger charge is -2.33. The molecule has 0 amide bonds. The summed E-state index contributed by atoms with van der Waals surface area (Å²) in [6, 6.07) is 6.82. The topological polar surface area (TPSA) is 53.9 Å². The first-order valence-electron chi connectivity index (χ1n) is 8.91. The quantitative estimate of drug-likeness (QED) is 0.767. The van der Waals surface area contributed by atoms with E-state index in [0.29, 0.717) is 6.04 Å². The molecule has 0 radical (unpaired) electrons. The lowest BCUT2D eigenvalue weighted by Crippen LogP contribution is -2.39. The summed E-state index contributed by atoms with van der Waals surface area (Å²) >= 11 is 1.68. The number of nitrogens with one attached hydrogen (secondary N) is 1. The van der Waals surface area contributed by atoms with Crippen LogP contribution in [0.3, 0.4) is 0 Å². The van der Waals surface area contributed by atoms with Crippen LogP contribution in [-0.2, 0) is 6.42 Å². The molecular formula is C19H23N5S. The van der Waals surface area contributed by atoms with Crippen LogP contribution in [0.1, 0.15) is 31.2 Å². The van der Waals surface area contributed by atoms with E-state index in [-0.39, 0.29) is 0 Å². The highest BCUT2D eigenvalue weighted by Gasteiger charge is 2.21. The number of thiophene rings is 1. The number of piperidine rings is 1. The number of fused-ring (bicyclic) bond motifs is 1. The standard InChI is InChI=1S/C19H23N5S/c1-3-16-22-18(15-8-11-25-19(15)23-16)21-14-6-9-24(10-7-14)17-5-4-13(2)12-20-17/h4-5,8,11-12,14H,3,6-7,9-10H2,1-2H3,(H,21,22,23). The van der Waals surface area contributed by atoms with Gasteiger partial charge in [-0.25, -0.2) is 15.0 Å². The second kappa shape index (κ2) is 6.96. The summed E-state index contributed by atoms with van der Waals surface area (Å²) in [5.41, 5.74) is 1.20. The Morgan fingerprint density at radius 1 is 1.20 bits per heavy atom. The Labute approximate surface area is 152 Å². The zero-order chi connectivity index (χ0) is 17.2. The minimum Gasteiger partial charge on any atom is -0.367 e. The largest absolute Gasteiger partial charge is 0.367 e. The number of rotatable bonds is 4. The van der Waals surface area contributed by atoms with E-state index < -0.39 is 0 Å². The average Bonchev–Trinajstić information content (AvgIpc) is 3.12. The molecule has 25 heavy (non-hydrogen) atoms. The van der Waals surface area contributed by atoms with E-state index >= 15 is 0 Å². The van der Waals surface area contributed by atoms with Crippen LogP contribution in [0.4, 0.5) is 11.6 Å². The summed E-state index contributed by atoms with van der Waals surface area (Å²) in [5, 5.41) is 6.91. The molecule has 0 atom stereocenters. The number of aryl methyl sites for hydroxylation is 2. The molecule has 1 aliphatic heterocycles. The maximum Gasteiger partial charge on any atom is 0.138 e. The Bertz CT molecular complexity index is 850. The molecule has 0 spiro atoms. The van der Waals surface area contributed by atoms with E-state index in [0.717, 1.165) is 60.0 Å². The van der Waals surface area contributed by atoms with Crippen LogP contribution in [0.2, 0.25) is 0 Å². The summed E-state index contributed by atoms with van der Waals surface area (Å²) in [6.07, 6.45) is 4.99. The monoisotopic (exact) mass is 353 g/mol. The normalized spacial score (nSPS) is 15.7. The van der Waals surface area contributed by atoms with E-state index in [2.05, 4.69) is 57.6 Å². The zero-order valence-corrected chi connectivity index (χ0v) is 15.5. The van der Waals surface area contributed by atoms with Crippen molar-refractivity contribution in [1.29, 1.82) is 0 Å². The van der Waals surface area contributed by atoms with Gasteiger partial charge in [0.1, 0.15) is 22.3 Å². The number of aromatic nitrogens is 3. The fourth-order valence-corrected chi connectivity index (χ4v) is 4.04. The highest BCUT2D eigenvalue weighted by molar-refractivity contribution is 7.16. The van der Waals surface area contributed by atoms with E-state index in [1.165, 1.54) is 5.56 Å². The van der Waals surface area contributed by atoms with Crippen LogP contribution in [0, 0.1) is 6.92 Å². The minimum atomic E-state index is 0.449. The van der Waals surface area contributed by atoms with Crippen molar-refractivity contribution < 1.29 is 0 Å². The van der Waals surface area contributed by atoms with Crippen molar-refractivity contribution in [3.05, 3.63) is 41.2 Å². The molecule has 0 bridgehead atoms. The van der Waals surface area contributed by atoms with E-state index in [1.54, 1.807) is 11.3 Å². The molecule has 130 valence electrons. The van der Waals surface area contributed by atoms with Crippen LogP contribution in [-0.4, -0.2) is 34.1 Å². The van der Waals surface area contributed by atoms with Crippen molar-refractivity contribution in [2.45, 2.75) is 39.2 Å².